The Labute approximate surface area is 168 Å². The van der Waals surface area contributed by atoms with Gasteiger partial charge in [-0.15, -0.1) is 23.7 Å². The molecule has 0 radical (unpaired) electrons. The molecule has 26 heavy (non-hydrogen) atoms. The number of thiophene rings is 1. The van der Waals surface area contributed by atoms with Crippen LogP contribution in [0.1, 0.15) is 44.2 Å². The minimum atomic E-state index is -3.95. The van der Waals surface area contributed by atoms with Gasteiger partial charge in [-0.05, 0) is 38.3 Å². The van der Waals surface area contributed by atoms with Crippen LogP contribution in [0.5, 0.6) is 0 Å². The molecule has 3 N–H and O–H groups in total. The highest BCUT2D eigenvalue weighted by molar-refractivity contribution is 7.95. The molecule has 1 aromatic rings. The van der Waals surface area contributed by atoms with Crippen molar-refractivity contribution < 1.29 is 21.4 Å². The van der Waals surface area contributed by atoms with E-state index in [1.807, 2.05) is 6.92 Å². The van der Waals surface area contributed by atoms with Crippen LogP contribution in [0.15, 0.2) is 14.5 Å². The van der Waals surface area contributed by atoms with Gasteiger partial charge in [0.2, 0.25) is 10.0 Å². The third kappa shape index (κ3) is 5.57. The zero-order chi connectivity index (χ0) is 18.8. The van der Waals surface area contributed by atoms with Crippen LogP contribution in [0.2, 0.25) is 0 Å². The molecular weight excluding hydrogens is 440 g/mol. The molecule has 2 rings (SSSR count). The van der Waals surface area contributed by atoms with Crippen LogP contribution >= 0.6 is 23.7 Å². The molecule has 1 aliphatic heterocycles. The number of fused-ring (bicyclic) bond motifs is 1. The van der Waals surface area contributed by atoms with Crippen LogP contribution < -0.4 is 10.5 Å². The summed E-state index contributed by atoms with van der Waals surface area (Å²) < 4.78 is 60.3. The maximum Gasteiger partial charge on any atom is 0.247 e. The number of sulfone groups is 1. The third-order valence-electron chi connectivity index (χ3n) is 4.15. The highest BCUT2D eigenvalue weighted by Gasteiger charge is 2.41. The van der Waals surface area contributed by atoms with Gasteiger partial charge in [0.05, 0.1) is 11.5 Å². The van der Waals surface area contributed by atoms with Crippen LogP contribution in [0, 0.1) is 0 Å². The minimum absolute atomic E-state index is 0. The molecule has 0 amide bonds. The molecule has 0 saturated heterocycles. The number of nitrogens with two attached hydrogens (primary N) is 1. The van der Waals surface area contributed by atoms with Gasteiger partial charge in [-0.3, -0.25) is 0 Å². The summed E-state index contributed by atoms with van der Waals surface area (Å²) in [5.74, 6) is 0.457. The average Bonchev–Trinajstić information content (AvgIpc) is 2.95. The Kier molecular flexibility index (Phi) is 8.87. The van der Waals surface area contributed by atoms with Crippen molar-refractivity contribution >= 4 is 54.8 Å². The Hall–Kier alpha value is 0.120. The van der Waals surface area contributed by atoms with E-state index in [1.165, 1.54) is 6.07 Å². The third-order valence-corrected chi connectivity index (χ3v) is 10.4. The van der Waals surface area contributed by atoms with Gasteiger partial charge in [-0.25, -0.2) is 22.0 Å². The molecule has 1 aromatic heterocycles. The Balaban J connectivity index is 0.00000338. The summed E-state index contributed by atoms with van der Waals surface area (Å²) in [6, 6.07) is 1.17. The Morgan fingerprint density at radius 1 is 1.46 bits per heavy atom. The summed E-state index contributed by atoms with van der Waals surface area (Å²) in [6.45, 7) is 2.71. The molecular formula is C14H25ClN2O5S4. The second-order valence-corrected chi connectivity index (χ2v) is 13.0. The van der Waals surface area contributed by atoms with Crippen LogP contribution in [0.25, 0.3) is 0 Å². The van der Waals surface area contributed by atoms with Crippen molar-refractivity contribution in [1.29, 1.82) is 0 Å². The lowest BCUT2D eigenvalue weighted by atomic mass is 10.0. The monoisotopic (exact) mass is 464 g/mol. The number of nitrogens with one attached hydrogen (secondary N) is 1. The van der Waals surface area contributed by atoms with E-state index >= 15 is 0 Å². The van der Waals surface area contributed by atoms with Crippen LogP contribution in [-0.4, -0.2) is 45.2 Å². The van der Waals surface area contributed by atoms with Crippen molar-refractivity contribution in [2.45, 2.75) is 52.3 Å². The molecule has 0 aromatic carbocycles. The van der Waals surface area contributed by atoms with Crippen molar-refractivity contribution in [2.75, 3.05) is 18.6 Å². The van der Waals surface area contributed by atoms with Gasteiger partial charge in [0.25, 0.3) is 0 Å². The van der Waals surface area contributed by atoms with E-state index in [0.29, 0.717) is 37.1 Å². The van der Waals surface area contributed by atoms with Crippen LogP contribution in [0.4, 0.5) is 0 Å². The van der Waals surface area contributed by atoms with Gasteiger partial charge >= 0.3 is 0 Å². The molecule has 3 atom stereocenters. The standard InChI is InChI=1S/C14H24N2O5S4.ClH/c1-3-6-16-12-8-10(5-4-7-23(2)17)24(18,19)14-11(12)9-13(22-14)25(15,20)21;/h9-10,12,16H,3-8H2,1-2H3,(H2,15,20,21);1H/t10-,12-,23?;/m0./s1. The first-order valence-electron chi connectivity index (χ1n) is 8.01. The average molecular weight is 465 g/mol. The summed E-state index contributed by atoms with van der Waals surface area (Å²) in [5, 5.41) is 7.88. The Morgan fingerprint density at radius 3 is 2.65 bits per heavy atom. The highest BCUT2D eigenvalue weighted by Crippen LogP contribution is 2.43. The molecule has 1 aliphatic rings. The van der Waals surface area contributed by atoms with Crippen molar-refractivity contribution in [3.8, 4) is 0 Å². The normalized spacial score (nSPS) is 23.1. The molecule has 0 bridgehead atoms. The van der Waals surface area contributed by atoms with Crippen LogP contribution in [-0.2, 0) is 31.0 Å². The lowest BCUT2D eigenvalue weighted by molar-refractivity contribution is 0.447. The van der Waals surface area contributed by atoms with Crippen molar-refractivity contribution in [3.05, 3.63) is 11.6 Å². The van der Waals surface area contributed by atoms with Gasteiger partial charge in [0.15, 0.2) is 9.84 Å². The smallest absolute Gasteiger partial charge is 0.247 e. The predicted molar refractivity (Wildman–Crippen MR) is 108 cm³/mol. The van der Waals surface area contributed by atoms with E-state index in [-0.39, 0.29) is 26.9 Å². The van der Waals surface area contributed by atoms with E-state index in [9.17, 15) is 21.4 Å². The van der Waals surface area contributed by atoms with Gasteiger partial charge in [0, 0.05) is 11.6 Å². The molecule has 1 unspecified atom stereocenters. The number of halogens is 1. The summed E-state index contributed by atoms with van der Waals surface area (Å²) in [7, 11) is -7.57. The zero-order valence-electron chi connectivity index (χ0n) is 14.6. The lowest BCUT2D eigenvalue weighted by Crippen LogP contribution is -2.35. The lowest BCUT2D eigenvalue weighted by Gasteiger charge is -2.30. The van der Waals surface area contributed by atoms with Gasteiger partial charge in [-0.1, -0.05) is 18.1 Å². The molecule has 152 valence electrons. The molecule has 2 heterocycles. The maximum atomic E-state index is 12.9. The highest BCUT2D eigenvalue weighted by atomic mass is 35.5. The van der Waals surface area contributed by atoms with E-state index in [2.05, 4.69) is 5.32 Å². The van der Waals surface area contributed by atoms with Crippen molar-refractivity contribution in [3.63, 3.8) is 0 Å². The molecule has 0 saturated carbocycles. The number of hydrogen-bond acceptors (Lipinski definition) is 7. The minimum Gasteiger partial charge on any atom is -0.617 e. The first-order valence-corrected chi connectivity index (χ1v) is 13.6. The van der Waals surface area contributed by atoms with E-state index in [1.54, 1.807) is 6.26 Å². The fourth-order valence-electron chi connectivity index (χ4n) is 2.94. The quantitative estimate of drug-likeness (QED) is 0.561. The SMILES string of the molecule is CCCN[C@H]1C[C@H](CCC[S+](C)[O-])S(=O)(=O)c2sc(S(N)(=O)=O)cc21.Cl. The second kappa shape index (κ2) is 9.55. The number of rotatable bonds is 8. The number of hydrogen-bond donors (Lipinski definition) is 2. The van der Waals surface area contributed by atoms with Gasteiger partial charge < -0.3 is 9.87 Å². The Bertz CT molecular complexity index is 807. The molecule has 0 aliphatic carbocycles. The van der Waals surface area contributed by atoms with Gasteiger partial charge in [0.1, 0.15) is 14.2 Å². The number of primary sulfonamides is 1. The molecule has 0 spiro atoms. The van der Waals surface area contributed by atoms with E-state index in [4.69, 9.17) is 5.14 Å². The fraction of sp³-hybridized carbons (Fsp3) is 0.714. The molecule has 0 fully saturated rings. The van der Waals surface area contributed by atoms with Crippen LogP contribution in [0.3, 0.4) is 0 Å². The first kappa shape index (κ1) is 24.2. The van der Waals surface area contributed by atoms with Crippen molar-refractivity contribution in [2.24, 2.45) is 5.14 Å². The second-order valence-electron chi connectivity index (χ2n) is 6.18. The van der Waals surface area contributed by atoms with E-state index < -0.39 is 36.3 Å². The number of sulfonamides is 1. The summed E-state index contributed by atoms with van der Waals surface area (Å²) in [4.78, 5) is 0. The fourth-order valence-corrected chi connectivity index (χ4v) is 8.26. The van der Waals surface area contributed by atoms with Gasteiger partial charge in [-0.2, -0.15) is 0 Å². The largest absolute Gasteiger partial charge is 0.617 e. The zero-order valence-corrected chi connectivity index (χ0v) is 18.7. The van der Waals surface area contributed by atoms with E-state index in [0.717, 1.165) is 17.8 Å². The summed E-state index contributed by atoms with van der Waals surface area (Å²) in [5.41, 5.74) is 0.498. The Morgan fingerprint density at radius 2 is 2.12 bits per heavy atom. The van der Waals surface area contributed by atoms with Crippen molar-refractivity contribution in [1.82, 2.24) is 5.32 Å². The molecule has 12 heteroatoms. The first-order chi connectivity index (χ1) is 11.6. The predicted octanol–water partition coefficient (Wildman–Crippen LogP) is 1.56. The summed E-state index contributed by atoms with van der Waals surface area (Å²) >= 11 is -0.236. The topological polar surface area (TPSA) is 129 Å². The summed E-state index contributed by atoms with van der Waals surface area (Å²) in [6.07, 6.45) is 3.82. The molecule has 7 nitrogen and oxygen atoms in total. The maximum absolute atomic E-state index is 12.9.